The Morgan fingerprint density at radius 2 is 1.96 bits per heavy atom. The number of primary amides is 1. The summed E-state index contributed by atoms with van der Waals surface area (Å²) in [5.41, 5.74) is 7.07. The highest BCUT2D eigenvalue weighted by Crippen LogP contribution is 2.19. The van der Waals surface area contributed by atoms with Gasteiger partial charge in [0, 0.05) is 13.5 Å². The highest BCUT2D eigenvalue weighted by molar-refractivity contribution is 5.89. The van der Waals surface area contributed by atoms with Crippen molar-refractivity contribution in [3.8, 4) is 5.75 Å². The quantitative estimate of drug-likeness (QED) is 0.692. The molecule has 1 aromatic rings. The molecule has 0 unspecified atom stereocenters. The minimum Gasteiger partial charge on any atom is -0.508 e. The third-order valence-corrected chi connectivity index (χ3v) is 4.08. The average Bonchev–Trinajstić information content (AvgIpc) is 2.47. The number of hydrogen-bond donors (Lipinski definition) is 3. The molecule has 6 nitrogen and oxygen atoms in total. The molecule has 0 bridgehead atoms. The van der Waals surface area contributed by atoms with E-state index in [1.54, 1.807) is 39.2 Å². The number of benzene rings is 1. The molecule has 0 saturated heterocycles. The van der Waals surface area contributed by atoms with Gasteiger partial charge in [-0.05, 0) is 37.1 Å². The number of nitrogens with two attached hydrogens (primary N) is 1. The lowest BCUT2D eigenvalue weighted by molar-refractivity contribution is -0.140. The van der Waals surface area contributed by atoms with Crippen LogP contribution in [0, 0.1) is 12.8 Å². The summed E-state index contributed by atoms with van der Waals surface area (Å²) in [7, 11) is 3.32. The highest BCUT2D eigenvalue weighted by Gasteiger charge is 2.31. The third-order valence-electron chi connectivity index (χ3n) is 4.08. The van der Waals surface area contributed by atoms with E-state index < -0.39 is 11.9 Å². The molecule has 2 amide bonds. The number of amides is 2. The Labute approximate surface area is 137 Å². The predicted octanol–water partition coefficient (Wildman–Crippen LogP) is 0.799. The number of rotatable bonds is 7. The number of phenols is 1. The van der Waals surface area contributed by atoms with Crippen LogP contribution in [0.3, 0.4) is 0 Å². The lowest BCUT2D eigenvalue weighted by Gasteiger charge is -2.31. The van der Waals surface area contributed by atoms with Gasteiger partial charge >= 0.3 is 0 Å². The van der Waals surface area contributed by atoms with E-state index >= 15 is 0 Å². The van der Waals surface area contributed by atoms with Crippen LogP contribution in [-0.4, -0.2) is 48.0 Å². The summed E-state index contributed by atoms with van der Waals surface area (Å²) in [5, 5.41) is 12.6. The molecular weight excluding hydrogens is 294 g/mol. The van der Waals surface area contributed by atoms with E-state index in [1.807, 2.05) is 13.8 Å². The van der Waals surface area contributed by atoms with Crippen molar-refractivity contribution < 1.29 is 14.7 Å². The molecule has 23 heavy (non-hydrogen) atoms. The van der Waals surface area contributed by atoms with Crippen LogP contribution >= 0.6 is 0 Å². The summed E-state index contributed by atoms with van der Waals surface area (Å²) >= 11 is 0. The predicted molar refractivity (Wildman–Crippen MR) is 90.0 cm³/mol. The number of hydrogen-bond acceptors (Lipinski definition) is 4. The second kappa shape index (κ2) is 7.97. The van der Waals surface area contributed by atoms with Crippen LogP contribution in [0.4, 0.5) is 0 Å². The molecule has 2 atom stereocenters. The molecular formula is C17H27N3O3. The Balaban J connectivity index is 2.99. The van der Waals surface area contributed by atoms with Crippen molar-refractivity contribution in [3.63, 3.8) is 0 Å². The first kappa shape index (κ1) is 19.0. The smallest absolute Gasteiger partial charge is 0.240 e. The maximum atomic E-state index is 12.6. The number of nitrogens with one attached hydrogen (secondary N) is 1. The Bertz CT molecular complexity index is 572. The van der Waals surface area contributed by atoms with Crippen LogP contribution in [0.25, 0.3) is 0 Å². The van der Waals surface area contributed by atoms with Gasteiger partial charge in [-0.2, -0.15) is 0 Å². The topological polar surface area (TPSA) is 95.7 Å². The molecule has 128 valence electrons. The summed E-state index contributed by atoms with van der Waals surface area (Å²) in [6.07, 6.45) is 0.313. The molecule has 4 N–H and O–H groups in total. The van der Waals surface area contributed by atoms with Gasteiger partial charge < -0.3 is 21.1 Å². The zero-order valence-corrected chi connectivity index (χ0v) is 14.5. The molecule has 0 aromatic heterocycles. The summed E-state index contributed by atoms with van der Waals surface area (Å²) in [4.78, 5) is 25.8. The second-order valence-electron chi connectivity index (χ2n) is 6.20. The second-order valence-corrected chi connectivity index (χ2v) is 6.20. The summed E-state index contributed by atoms with van der Waals surface area (Å²) in [6, 6.07) is 4.00. The lowest BCUT2D eigenvalue weighted by Crippen LogP contribution is -2.54. The van der Waals surface area contributed by atoms with Crippen molar-refractivity contribution in [1.29, 1.82) is 0 Å². The minimum absolute atomic E-state index is 0.0967. The van der Waals surface area contributed by atoms with Crippen molar-refractivity contribution >= 4 is 11.8 Å². The molecule has 0 aliphatic heterocycles. The maximum absolute atomic E-state index is 12.6. The largest absolute Gasteiger partial charge is 0.508 e. The highest BCUT2D eigenvalue weighted by atomic mass is 16.3. The van der Waals surface area contributed by atoms with Gasteiger partial charge in [0.1, 0.15) is 11.8 Å². The number of phenolic OH excluding ortho intramolecular Hbond substituents is 1. The van der Waals surface area contributed by atoms with Crippen LogP contribution in [0.2, 0.25) is 0 Å². The van der Waals surface area contributed by atoms with Gasteiger partial charge in [-0.1, -0.05) is 26.0 Å². The van der Waals surface area contributed by atoms with Crippen molar-refractivity contribution in [2.45, 2.75) is 39.3 Å². The SMILES string of the molecule is CN[C@H](C(=O)N(C)[C@@H](Cc1ccc(O)c(C)c1)C(N)=O)C(C)C. The molecule has 0 spiro atoms. The number of aromatic hydroxyl groups is 1. The Kier molecular flexibility index (Phi) is 6.57. The number of carbonyl (C=O) groups is 2. The van der Waals surface area contributed by atoms with Gasteiger partial charge in [-0.15, -0.1) is 0 Å². The monoisotopic (exact) mass is 321 g/mol. The number of aryl methyl sites for hydroxylation is 1. The van der Waals surface area contributed by atoms with E-state index in [2.05, 4.69) is 5.32 Å². The molecule has 0 heterocycles. The fourth-order valence-corrected chi connectivity index (χ4v) is 2.61. The number of carbonyl (C=O) groups excluding carboxylic acids is 2. The van der Waals surface area contributed by atoms with E-state index in [-0.39, 0.29) is 23.6 Å². The standard InChI is InChI=1S/C17H27N3O3/c1-10(2)15(19-4)17(23)20(5)13(16(18)22)9-12-6-7-14(21)11(3)8-12/h6-8,10,13,15,19,21H,9H2,1-5H3,(H2,18,22)/t13-,15-/m0/s1. The van der Waals surface area contributed by atoms with Crippen LogP contribution < -0.4 is 11.1 Å². The fraction of sp³-hybridized carbons (Fsp3) is 0.529. The van der Waals surface area contributed by atoms with Crippen LogP contribution in [0.15, 0.2) is 18.2 Å². The summed E-state index contributed by atoms with van der Waals surface area (Å²) < 4.78 is 0. The van der Waals surface area contributed by atoms with E-state index in [4.69, 9.17) is 5.73 Å². The molecule has 6 heteroatoms. The zero-order chi connectivity index (χ0) is 17.7. The van der Waals surface area contributed by atoms with Crippen molar-refractivity contribution in [3.05, 3.63) is 29.3 Å². The summed E-state index contributed by atoms with van der Waals surface area (Å²) in [5.74, 6) is -0.421. The normalized spacial score (nSPS) is 13.7. The van der Waals surface area contributed by atoms with E-state index in [9.17, 15) is 14.7 Å². The van der Waals surface area contributed by atoms with Crippen LogP contribution in [-0.2, 0) is 16.0 Å². The van der Waals surface area contributed by atoms with Gasteiger partial charge in [0.05, 0.1) is 6.04 Å². The zero-order valence-electron chi connectivity index (χ0n) is 14.5. The van der Waals surface area contributed by atoms with Gasteiger partial charge in [0.2, 0.25) is 11.8 Å². The van der Waals surface area contributed by atoms with E-state index in [0.29, 0.717) is 6.42 Å². The van der Waals surface area contributed by atoms with Crippen molar-refractivity contribution in [2.75, 3.05) is 14.1 Å². The van der Waals surface area contributed by atoms with Crippen LogP contribution in [0.1, 0.15) is 25.0 Å². The van der Waals surface area contributed by atoms with Gasteiger partial charge in [0.25, 0.3) is 0 Å². The molecule has 0 radical (unpaired) electrons. The Morgan fingerprint density at radius 3 is 2.39 bits per heavy atom. The Hall–Kier alpha value is -2.08. The van der Waals surface area contributed by atoms with Crippen molar-refractivity contribution in [1.82, 2.24) is 10.2 Å². The molecule has 1 rings (SSSR count). The first-order valence-electron chi connectivity index (χ1n) is 7.70. The Morgan fingerprint density at radius 1 is 1.35 bits per heavy atom. The van der Waals surface area contributed by atoms with Gasteiger partial charge in [-0.25, -0.2) is 0 Å². The molecule has 0 fully saturated rings. The molecule has 0 saturated carbocycles. The molecule has 1 aromatic carbocycles. The van der Waals surface area contributed by atoms with E-state index in [0.717, 1.165) is 11.1 Å². The fourth-order valence-electron chi connectivity index (χ4n) is 2.61. The first-order chi connectivity index (χ1) is 10.7. The lowest BCUT2D eigenvalue weighted by atomic mass is 9.99. The number of likely N-dealkylation sites (N-methyl/N-ethyl adjacent to an activating group) is 2. The first-order valence-corrected chi connectivity index (χ1v) is 7.70. The van der Waals surface area contributed by atoms with Crippen molar-refractivity contribution in [2.24, 2.45) is 11.7 Å². The third kappa shape index (κ3) is 4.69. The van der Waals surface area contributed by atoms with Gasteiger partial charge in [0.15, 0.2) is 0 Å². The van der Waals surface area contributed by atoms with Gasteiger partial charge in [-0.3, -0.25) is 9.59 Å². The maximum Gasteiger partial charge on any atom is 0.240 e. The molecule has 0 aliphatic carbocycles. The number of nitrogens with zero attached hydrogens (tertiary/aromatic N) is 1. The average molecular weight is 321 g/mol. The van der Waals surface area contributed by atoms with Crippen LogP contribution in [0.5, 0.6) is 5.75 Å². The minimum atomic E-state index is -0.735. The molecule has 0 aliphatic rings. The summed E-state index contributed by atoms with van der Waals surface area (Å²) in [6.45, 7) is 5.66. The van der Waals surface area contributed by atoms with E-state index in [1.165, 1.54) is 4.90 Å².